The van der Waals surface area contributed by atoms with Gasteiger partial charge in [0, 0.05) is 13.1 Å². The molecule has 1 rings (SSSR count). The van der Waals surface area contributed by atoms with E-state index in [9.17, 15) is 0 Å². The molecule has 0 N–H and O–H groups in total. The topological polar surface area (TPSA) is 12.5 Å². The van der Waals surface area contributed by atoms with Crippen molar-refractivity contribution in [2.75, 3.05) is 19.7 Å². The zero-order chi connectivity index (χ0) is 8.10. The summed E-state index contributed by atoms with van der Waals surface area (Å²) in [5.74, 6) is 0.824. The molecule has 0 spiro atoms. The van der Waals surface area contributed by atoms with E-state index in [0.717, 1.165) is 32.0 Å². The molecule has 2 nitrogen and oxygen atoms in total. The molecule has 11 heavy (non-hydrogen) atoms. The van der Waals surface area contributed by atoms with Crippen LogP contribution in [0.4, 0.5) is 0 Å². The first-order valence-corrected chi connectivity index (χ1v) is 4.16. The lowest BCUT2D eigenvalue weighted by Crippen LogP contribution is -2.22. The monoisotopic (exact) mass is 153 g/mol. The molecule has 0 bridgehead atoms. The standard InChI is InChI=1S/C9H15NO/c1-3-9-10(4-2)7-5-6-8-11-9/h1,4-8H2,2H3. The summed E-state index contributed by atoms with van der Waals surface area (Å²) in [7, 11) is 0. The minimum Gasteiger partial charge on any atom is -0.473 e. The first kappa shape index (κ1) is 8.22. The van der Waals surface area contributed by atoms with Crippen molar-refractivity contribution >= 4 is 0 Å². The number of rotatable bonds is 1. The van der Waals surface area contributed by atoms with Crippen molar-refractivity contribution in [3.8, 4) is 0 Å². The second-order valence-electron chi connectivity index (χ2n) is 2.62. The number of nitrogens with zero attached hydrogens (tertiary/aromatic N) is 1. The quantitative estimate of drug-likeness (QED) is 0.532. The van der Waals surface area contributed by atoms with Crippen molar-refractivity contribution in [2.24, 2.45) is 0 Å². The molecule has 1 aliphatic heterocycles. The fourth-order valence-electron chi connectivity index (χ4n) is 1.23. The van der Waals surface area contributed by atoms with Crippen molar-refractivity contribution in [3.63, 3.8) is 0 Å². The molecule has 0 aromatic rings. The van der Waals surface area contributed by atoms with Gasteiger partial charge in [0.05, 0.1) is 6.61 Å². The Morgan fingerprint density at radius 2 is 2.45 bits per heavy atom. The van der Waals surface area contributed by atoms with Gasteiger partial charge in [0.15, 0.2) is 0 Å². The predicted octanol–water partition coefficient (Wildman–Crippen LogP) is 1.74. The summed E-state index contributed by atoms with van der Waals surface area (Å²) in [5, 5.41) is 0. The first-order chi connectivity index (χ1) is 5.38. The van der Waals surface area contributed by atoms with E-state index in [1.54, 1.807) is 0 Å². The van der Waals surface area contributed by atoms with Crippen molar-refractivity contribution in [2.45, 2.75) is 19.8 Å². The van der Waals surface area contributed by atoms with Gasteiger partial charge in [-0.1, -0.05) is 12.3 Å². The van der Waals surface area contributed by atoms with Gasteiger partial charge in [-0.15, -0.1) is 0 Å². The molecule has 0 radical (unpaired) electrons. The molecular weight excluding hydrogens is 138 g/mol. The lowest BCUT2D eigenvalue weighted by atomic mass is 10.3. The van der Waals surface area contributed by atoms with E-state index < -0.39 is 0 Å². The fourth-order valence-corrected chi connectivity index (χ4v) is 1.23. The van der Waals surface area contributed by atoms with E-state index in [1.807, 2.05) is 0 Å². The Bertz CT molecular complexity index is 170. The van der Waals surface area contributed by atoms with Gasteiger partial charge in [-0.05, 0) is 19.8 Å². The van der Waals surface area contributed by atoms with Crippen LogP contribution in [0.15, 0.2) is 18.2 Å². The number of ether oxygens (including phenoxy) is 1. The Labute approximate surface area is 68.1 Å². The van der Waals surface area contributed by atoms with Gasteiger partial charge in [-0.3, -0.25) is 0 Å². The van der Waals surface area contributed by atoms with Crippen molar-refractivity contribution < 1.29 is 4.74 Å². The number of hydrogen-bond donors (Lipinski definition) is 0. The first-order valence-electron chi connectivity index (χ1n) is 4.16. The van der Waals surface area contributed by atoms with Gasteiger partial charge in [-0.2, -0.15) is 0 Å². The third kappa shape index (κ3) is 2.02. The molecule has 0 atom stereocenters. The van der Waals surface area contributed by atoms with E-state index in [1.165, 1.54) is 6.42 Å². The Hall–Kier alpha value is -0.880. The molecule has 1 heterocycles. The minimum atomic E-state index is 0.814. The summed E-state index contributed by atoms with van der Waals surface area (Å²) < 4.78 is 5.42. The summed E-state index contributed by atoms with van der Waals surface area (Å²) >= 11 is 0. The SMILES string of the molecule is C=C=C1OCCCCN1CC. The zero-order valence-corrected chi connectivity index (χ0v) is 7.10. The zero-order valence-electron chi connectivity index (χ0n) is 7.10. The lowest BCUT2D eigenvalue weighted by Gasteiger charge is -2.20. The molecule has 0 amide bonds. The van der Waals surface area contributed by atoms with Crippen LogP contribution in [0.2, 0.25) is 0 Å². The molecule has 62 valence electrons. The average molecular weight is 153 g/mol. The normalized spacial score (nSPS) is 18.6. The van der Waals surface area contributed by atoms with E-state index in [2.05, 4.69) is 24.1 Å². The highest BCUT2D eigenvalue weighted by Crippen LogP contribution is 2.11. The molecule has 2 heteroatoms. The van der Waals surface area contributed by atoms with Crippen LogP contribution in [-0.2, 0) is 4.74 Å². The molecule has 0 saturated carbocycles. The molecule has 1 saturated heterocycles. The average Bonchev–Trinajstić information content (AvgIpc) is 2.27. The summed E-state index contributed by atoms with van der Waals surface area (Å²) in [5.41, 5.74) is 2.82. The molecule has 0 aliphatic carbocycles. The van der Waals surface area contributed by atoms with Crippen LogP contribution in [0.3, 0.4) is 0 Å². The van der Waals surface area contributed by atoms with Crippen molar-refractivity contribution in [1.29, 1.82) is 0 Å². The Morgan fingerprint density at radius 3 is 3.09 bits per heavy atom. The van der Waals surface area contributed by atoms with Crippen molar-refractivity contribution in [1.82, 2.24) is 4.90 Å². The molecule has 0 unspecified atom stereocenters. The van der Waals surface area contributed by atoms with Gasteiger partial charge in [0.25, 0.3) is 0 Å². The molecule has 0 aromatic carbocycles. The maximum atomic E-state index is 5.42. The van der Waals surface area contributed by atoms with E-state index in [4.69, 9.17) is 4.74 Å². The van der Waals surface area contributed by atoms with Crippen LogP contribution in [0, 0.1) is 0 Å². The minimum absolute atomic E-state index is 0.814. The van der Waals surface area contributed by atoms with Gasteiger partial charge in [0.1, 0.15) is 0 Å². The molecule has 0 aromatic heterocycles. The maximum absolute atomic E-state index is 5.42. The highest BCUT2D eigenvalue weighted by atomic mass is 16.5. The summed E-state index contributed by atoms with van der Waals surface area (Å²) in [4.78, 5) is 2.17. The van der Waals surface area contributed by atoms with E-state index in [0.29, 0.717) is 0 Å². The Kier molecular flexibility index (Phi) is 3.06. The molecular formula is C9H15NO. The lowest BCUT2D eigenvalue weighted by molar-refractivity contribution is 0.141. The third-order valence-corrected chi connectivity index (χ3v) is 1.88. The largest absolute Gasteiger partial charge is 0.473 e. The highest BCUT2D eigenvalue weighted by molar-refractivity contribution is 4.90. The van der Waals surface area contributed by atoms with Gasteiger partial charge in [0.2, 0.25) is 5.88 Å². The smallest absolute Gasteiger partial charge is 0.235 e. The van der Waals surface area contributed by atoms with Gasteiger partial charge < -0.3 is 9.64 Å². The van der Waals surface area contributed by atoms with Crippen LogP contribution in [-0.4, -0.2) is 24.6 Å². The third-order valence-electron chi connectivity index (χ3n) is 1.88. The second kappa shape index (κ2) is 4.09. The summed E-state index contributed by atoms with van der Waals surface area (Å²) in [6.45, 7) is 8.59. The van der Waals surface area contributed by atoms with Gasteiger partial charge >= 0.3 is 0 Å². The molecule has 1 aliphatic rings. The number of hydrogen-bond acceptors (Lipinski definition) is 2. The van der Waals surface area contributed by atoms with Crippen LogP contribution >= 0.6 is 0 Å². The highest BCUT2D eigenvalue weighted by Gasteiger charge is 2.11. The van der Waals surface area contributed by atoms with Crippen LogP contribution in [0.25, 0.3) is 0 Å². The van der Waals surface area contributed by atoms with Crippen molar-refractivity contribution in [3.05, 3.63) is 18.2 Å². The van der Waals surface area contributed by atoms with Gasteiger partial charge in [-0.25, -0.2) is 0 Å². The van der Waals surface area contributed by atoms with E-state index in [-0.39, 0.29) is 0 Å². The Morgan fingerprint density at radius 1 is 1.64 bits per heavy atom. The van der Waals surface area contributed by atoms with Crippen LogP contribution in [0.5, 0.6) is 0 Å². The molecule has 1 fully saturated rings. The van der Waals surface area contributed by atoms with Crippen LogP contribution < -0.4 is 0 Å². The summed E-state index contributed by atoms with van der Waals surface area (Å²) in [6, 6.07) is 0. The fraction of sp³-hybridized carbons (Fsp3) is 0.667. The second-order valence-corrected chi connectivity index (χ2v) is 2.62. The Balaban J connectivity index is 2.63. The predicted molar refractivity (Wildman–Crippen MR) is 45.1 cm³/mol. The van der Waals surface area contributed by atoms with Crippen LogP contribution in [0.1, 0.15) is 19.8 Å². The van der Waals surface area contributed by atoms with E-state index >= 15 is 0 Å². The maximum Gasteiger partial charge on any atom is 0.235 e. The summed E-state index contributed by atoms with van der Waals surface area (Å²) in [6.07, 6.45) is 2.35.